The van der Waals surface area contributed by atoms with Crippen LogP contribution in [0.5, 0.6) is 0 Å². The van der Waals surface area contributed by atoms with E-state index in [9.17, 15) is 40.5 Å². The summed E-state index contributed by atoms with van der Waals surface area (Å²) in [5, 5.41) is 75.9. The second-order valence-corrected chi connectivity index (χ2v) is 19.0. The quantitative estimate of drug-likeness (QED) is 0.0216. The molecule has 0 saturated carbocycles. The van der Waals surface area contributed by atoms with Crippen molar-refractivity contribution >= 4 is 5.91 Å². The van der Waals surface area contributed by atoms with Crippen LogP contribution in [0.2, 0.25) is 0 Å². The number of aliphatic hydroxyl groups excluding tert-OH is 7. The van der Waals surface area contributed by atoms with E-state index in [0.29, 0.717) is 12.8 Å². The fourth-order valence-corrected chi connectivity index (χ4v) is 8.67. The van der Waals surface area contributed by atoms with Gasteiger partial charge in [0.15, 0.2) is 6.29 Å². The summed E-state index contributed by atoms with van der Waals surface area (Å²) >= 11 is 0. The van der Waals surface area contributed by atoms with Gasteiger partial charge in [-0.3, -0.25) is 4.79 Å². The first-order chi connectivity index (χ1) is 30.7. The lowest BCUT2D eigenvalue weighted by Gasteiger charge is -2.40. The van der Waals surface area contributed by atoms with Crippen molar-refractivity contribution in [3.63, 3.8) is 0 Å². The van der Waals surface area contributed by atoms with E-state index in [-0.39, 0.29) is 12.8 Å². The van der Waals surface area contributed by atoms with Gasteiger partial charge in [0.1, 0.15) is 36.6 Å². The van der Waals surface area contributed by atoms with Crippen LogP contribution in [-0.4, -0.2) is 110 Å². The first-order valence-corrected chi connectivity index (χ1v) is 26.6. The van der Waals surface area contributed by atoms with Crippen molar-refractivity contribution in [3.8, 4) is 0 Å². The second kappa shape index (κ2) is 42.2. The Labute approximate surface area is 385 Å². The number of nitrogens with one attached hydrogen (secondary N) is 1. The Morgan fingerprint density at radius 2 is 0.921 bits per heavy atom. The third-order valence-electron chi connectivity index (χ3n) is 13.1. The van der Waals surface area contributed by atoms with Gasteiger partial charge in [-0.05, 0) is 38.5 Å². The second-order valence-electron chi connectivity index (χ2n) is 19.0. The Kier molecular flexibility index (Phi) is 40.1. The molecule has 9 atom stereocenters. The predicted molar refractivity (Wildman–Crippen MR) is 256 cm³/mol. The van der Waals surface area contributed by atoms with Crippen molar-refractivity contribution in [2.45, 2.75) is 300 Å². The number of ether oxygens (including phenoxy) is 2. The van der Waals surface area contributed by atoms with Gasteiger partial charge in [-0.2, -0.15) is 0 Å². The summed E-state index contributed by atoms with van der Waals surface area (Å²) in [6.45, 7) is 3.46. The molecular weight excluding hydrogens is 799 g/mol. The summed E-state index contributed by atoms with van der Waals surface area (Å²) in [5.74, 6) is -0.700. The summed E-state index contributed by atoms with van der Waals surface area (Å²) in [4.78, 5) is 13.1. The minimum Gasteiger partial charge on any atom is -0.394 e. The third-order valence-corrected chi connectivity index (χ3v) is 13.1. The van der Waals surface area contributed by atoms with Crippen LogP contribution in [0.1, 0.15) is 245 Å². The number of allylic oxidation sites excluding steroid dienone is 2. The smallest absolute Gasteiger partial charge is 0.249 e. The molecule has 0 spiro atoms. The van der Waals surface area contributed by atoms with Crippen LogP contribution in [-0.2, 0) is 14.3 Å². The number of rotatable bonds is 45. The SMILES string of the molecule is CCCCCCCCCCCC/C=C\CCCC[C@@H](O)[C@@H](O)[C@H](CO[C@@H]1O[C@H](CO)[C@@H](O)[C@H](O)[C@H]1O)NC(=O)[C@H](O)CCCCCCCCCCCCCCCCCCCCCC. The average molecular weight is 900 g/mol. The van der Waals surface area contributed by atoms with Crippen LogP contribution < -0.4 is 5.32 Å². The van der Waals surface area contributed by atoms with E-state index in [0.717, 1.165) is 38.5 Å². The molecule has 1 rings (SSSR count). The molecule has 63 heavy (non-hydrogen) atoms. The topological polar surface area (TPSA) is 189 Å². The molecule has 1 heterocycles. The molecule has 374 valence electrons. The lowest BCUT2D eigenvalue weighted by Crippen LogP contribution is -2.60. The lowest BCUT2D eigenvalue weighted by molar-refractivity contribution is -0.303. The minimum atomic E-state index is -1.66. The van der Waals surface area contributed by atoms with Crippen LogP contribution in [0.25, 0.3) is 0 Å². The molecule has 1 aliphatic rings. The van der Waals surface area contributed by atoms with Gasteiger partial charge in [0.25, 0.3) is 0 Å². The number of hydrogen-bond acceptors (Lipinski definition) is 10. The normalized spacial score (nSPS) is 21.2. The molecular formula is C52H101NO10. The van der Waals surface area contributed by atoms with E-state index in [4.69, 9.17) is 9.47 Å². The monoisotopic (exact) mass is 900 g/mol. The fraction of sp³-hybridized carbons (Fsp3) is 0.942. The van der Waals surface area contributed by atoms with E-state index in [1.54, 1.807) is 0 Å². The first-order valence-electron chi connectivity index (χ1n) is 26.6. The van der Waals surface area contributed by atoms with Gasteiger partial charge >= 0.3 is 0 Å². The molecule has 1 saturated heterocycles. The largest absolute Gasteiger partial charge is 0.394 e. The molecule has 8 N–H and O–H groups in total. The van der Waals surface area contributed by atoms with Gasteiger partial charge in [0, 0.05) is 0 Å². The first kappa shape index (κ1) is 59.9. The zero-order chi connectivity index (χ0) is 46.2. The summed E-state index contributed by atoms with van der Waals surface area (Å²) in [6, 6.07) is -1.18. The number of unbranched alkanes of at least 4 members (excludes halogenated alkanes) is 31. The van der Waals surface area contributed by atoms with E-state index in [1.165, 1.54) is 167 Å². The van der Waals surface area contributed by atoms with Crippen molar-refractivity contribution in [1.29, 1.82) is 0 Å². The van der Waals surface area contributed by atoms with Gasteiger partial charge in [-0.15, -0.1) is 0 Å². The van der Waals surface area contributed by atoms with E-state index in [1.807, 2.05) is 0 Å². The molecule has 0 aromatic heterocycles. The van der Waals surface area contributed by atoms with Crippen molar-refractivity contribution in [3.05, 3.63) is 12.2 Å². The van der Waals surface area contributed by atoms with Crippen LogP contribution in [0, 0.1) is 0 Å². The Bertz CT molecular complexity index is 1030. The van der Waals surface area contributed by atoms with E-state index < -0.39 is 74.2 Å². The van der Waals surface area contributed by atoms with Crippen LogP contribution in [0.15, 0.2) is 12.2 Å². The lowest BCUT2D eigenvalue weighted by atomic mass is 9.98. The maximum Gasteiger partial charge on any atom is 0.249 e. The molecule has 0 aliphatic carbocycles. The Balaban J connectivity index is 2.37. The van der Waals surface area contributed by atoms with Gasteiger partial charge in [-0.1, -0.05) is 219 Å². The van der Waals surface area contributed by atoms with Crippen molar-refractivity contribution in [2.24, 2.45) is 0 Å². The zero-order valence-corrected chi connectivity index (χ0v) is 40.6. The number of aliphatic hydroxyl groups is 7. The summed E-state index contributed by atoms with van der Waals surface area (Å²) in [5.41, 5.74) is 0. The molecule has 0 radical (unpaired) electrons. The van der Waals surface area contributed by atoms with Gasteiger partial charge in [0.2, 0.25) is 5.91 Å². The fourth-order valence-electron chi connectivity index (χ4n) is 8.67. The maximum absolute atomic E-state index is 13.1. The molecule has 11 nitrogen and oxygen atoms in total. The van der Waals surface area contributed by atoms with Crippen LogP contribution in [0.3, 0.4) is 0 Å². The van der Waals surface area contributed by atoms with Crippen molar-refractivity contribution in [2.75, 3.05) is 13.2 Å². The van der Waals surface area contributed by atoms with Gasteiger partial charge in [-0.25, -0.2) is 0 Å². The number of carbonyl (C=O) groups excluding carboxylic acids is 1. The van der Waals surface area contributed by atoms with Crippen molar-refractivity contribution < 1.29 is 50.0 Å². The van der Waals surface area contributed by atoms with Crippen LogP contribution >= 0.6 is 0 Å². The standard InChI is InChI=1S/C52H101NO10/c1-3-5-7-9-11-13-15-17-19-21-22-23-24-26-28-30-32-34-36-38-40-45(56)51(61)53-43(42-62-52-50(60)49(59)48(58)46(41-54)63-52)47(57)44(55)39-37-35-33-31-29-27-25-20-18-16-14-12-10-8-6-4-2/h29,31,43-50,52,54-60H,3-28,30,32-42H2,1-2H3,(H,53,61)/b31-29-/t43-,44+,45+,46+,47-,48+,49-,50+,52+/m0/s1. The molecule has 0 unspecified atom stereocenters. The van der Waals surface area contributed by atoms with E-state index >= 15 is 0 Å². The maximum atomic E-state index is 13.1. The van der Waals surface area contributed by atoms with Crippen molar-refractivity contribution in [1.82, 2.24) is 5.32 Å². The summed E-state index contributed by atoms with van der Waals surface area (Å²) < 4.78 is 11.1. The van der Waals surface area contributed by atoms with Gasteiger partial charge in [0.05, 0.1) is 25.4 Å². The Hall–Kier alpha value is -1.15. The summed E-state index contributed by atoms with van der Waals surface area (Å²) in [7, 11) is 0. The van der Waals surface area contributed by atoms with E-state index in [2.05, 4.69) is 31.3 Å². The predicted octanol–water partition coefficient (Wildman–Crippen LogP) is 10.0. The van der Waals surface area contributed by atoms with Gasteiger partial charge < -0.3 is 50.5 Å². The average Bonchev–Trinajstić information content (AvgIpc) is 3.28. The Morgan fingerprint density at radius 1 is 0.540 bits per heavy atom. The zero-order valence-electron chi connectivity index (χ0n) is 40.6. The number of hydrogen-bond donors (Lipinski definition) is 8. The molecule has 0 aromatic rings. The highest BCUT2D eigenvalue weighted by atomic mass is 16.7. The van der Waals surface area contributed by atoms with Crippen LogP contribution in [0.4, 0.5) is 0 Å². The highest BCUT2D eigenvalue weighted by Gasteiger charge is 2.44. The third kappa shape index (κ3) is 31.5. The molecule has 11 heteroatoms. The molecule has 0 bridgehead atoms. The number of amides is 1. The number of carbonyl (C=O) groups is 1. The highest BCUT2D eigenvalue weighted by molar-refractivity contribution is 5.80. The molecule has 0 aromatic carbocycles. The molecule has 1 fully saturated rings. The molecule has 1 amide bonds. The highest BCUT2D eigenvalue weighted by Crippen LogP contribution is 2.23. The minimum absolute atomic E-state index is 0.260. The molecule has 1 aliphatic heterocycles. The Morgan fingerprint density at radius 3 is 1.35 bits per heavy atom. The summed E-state index contributed by atoms with van der Waals surface area (Å²) in [6.07, 6.45) is 35.4.